The van der Waals surface area contributed by atoms with E-state index in [1.165, 1.54) is 36.4 Å². The van der Waals surface area contributed by atoms with Crippen molar-refractivity contribution in [1.82, 2.24) is 0 Å². The molecule has 0 aliphatic carbocycles. The van der Waals surface area contributed by atoms with Gasteiger partial charge in [0.2, 0.25) is 0 Å². The second-order valence-corrected chi connectivity index (χ2v) is 6.94. The second kappa shape index (κ2) is 9.59. The molecule has 0 N–H and O–H groups in total. The highest BCUT2D eigenvalue weighted by molar-refractivity contribution is 6.32. The van der Waals surface area contributed by atoms with Gasteiger partial charge in [-0.3, -0.25) is 4.79 Å². The van der Waals surface area contributed by atoms with Gasteiger partial charge in [0.05, 0.1) is 0 Å². The maximum absolute atomic E-state index is 12.2. The van der Waals surface area contributed by atoms with Crippen LogP contribution in [0.15, 0.2) is 59.0 Å². The lowest BCUT2D eigenvalue weighted by Gasteiger charge is -2.08. The van der Waals surface area contributed by atoms with Gasteiger partial charge >= 0.3 is 6.61 Å². The van der Waals surface area contributed by atoms with Crippen LogP contribution < -0.4 is 9.47 Å². The van der Waals surface area contributed by atoms with Crippen LogP contribution in [0.5, 0.6) is 11.5 Å². The maximum Gasteiger partial charge on any atom is 0.387 e. The first kappa shape index (κ1) is 21.6. The number of ether oxygens (including phenoxy) is 2. The summed E-state index contributed by atoms with van der Waals surface area (Å²) in [5.74, 6) is 1.48. The lowest BCUT2D eigenvalue weighted by Crippen LogP contribution is -2.02. The van der Waals surface area contributed by atoms with Gasteiger partial charge in [0.15, 0.2) is 5.78 Å². The highest BCUT2D eigenvalue weighted by atomic mass is 35.5. The van der Waals surface area contributed by atoms with Crippen molar-refractivity contribution in [2.45, 2.75) is 27.1 Å². The molecule has 156 valence electrons. The van der Waals surface area contributed by atoms with E-state index in [2.05, 4.69) is 4.74 Å². The zero-order chi connectivity index (χ0) is 21.7. The van der Waals surface area contributed by atoms with Crippen LogP contribution in [0.3, 0.4) is 0 Å². The highest BCUT2D eigenvalue weighted by Crippen LogP contribution is 2.26. The van der Waals surface area contributed by atoms with Crippen LogP contribution in [0.1, 0.15) is 33.0 Å². The highest BCUT2D eigenvalue weighted by Gasteiger charge is 2.08. The first-order chi connectivity index (χ1) is 14.3. The standard InChI is InChI=1S/C23H19ClF2O4/c1-14-11-20(12-15(2)22(14)24)28-13-19-8-7-17(29-19)9-10-21(27)16-3-5-18(6-4-16)30-23(25)26/h3-12,23H,13H2,1-2H3/b10-9+. The number of hydrogen-bond acceptors (Lipinski definition) is 4. The summed E-state index contributed by atoms with van der Waals surface area (Å²) in [5.41, 5.74) is 2.21. The van der Waals surface area contributed by atoms with E-state index in [0.29, 0.717) is 27.9 Å². The van der Waals surface area contributed by atoms with Crippen molar-refractivity contribution < 1.29 is 27.5 Å². The quantitative estimate of drug-likeness (QED) is 0.296. The SMILES string of the molecule is Cc1cc(OCc2ccc(/C=C/C(=O)c3ccc(OC(F)F)cc3)o2)cc(C)c1Cl. The van der Waals surface area contributed by atoms with Crippen molar-refractivity contribution in [3.05, 3.63) is 87.8 Å². The van der Waals surface area contributed by atoms with Crippen molar-refractivity contribution in [1.29, 1.82) is 0 Å². The first-order valence-corrected chi connectivity index (χ1v) is 9.45. The summed E-state index contributed by atoms with van der Waals surface area (Å²) in [7, 11) is 0. The number of rotatable bonds is 8. The number of carbonyl (C=O) groups excluding carboxylic acids is 1. The van der Waals surface area contributed by atoms with E-state index in [1.807, 2.05) is 26.0 Å². The Hall–Kier alpha value is -3.12. The Balaban J connectivity index is 1.58. The van der Waals surface area contributed by atoms with Gasteiger partial charge in [-0.05, 0) is 85.7 Å². The van der Waals surface area contributed by atoms with Crippen molar-refractivity contribution in [2.24, 2.45) is 0 Å². The van der Waals surface area contributed by atoms with Crippen LogP contribution in [-0.2, 0) is 6.61 Å². The molecule has 0 spiro atoms. The van der Waals surface area contributed by atoms with Crippen LogP contribution in [0.25, 0.3) is 6.08 Å². The van der Waals surface area contributed by atoms with E-state index in [-0.39, 0.29) is 18.1 Å². The zero-order valence-corrected chi connectivity index (χ0v) is 17.1. The number of benzene rings is 2. The summed E-state index contributed by atoms with van der Waals surface area (Å²) in [5, 5.41) is 0.716. The Bertz CT molecular complexity index is 1030. The summed E-state index contributed by atoms with van der Waals surface area (Å²) in [4.78, 5) is 12.2. The molecule has 1 aromatic heterocycles. The number of aryl methyl sites for hydroxylation is 2. The monoisotopic (exact) mass is 432 g/mol. The molecule has 0 atom stereocenters. The first-order valence-electron chi connectivity index (χ1n) is 9.07. The van der Waals surface area contributed by atoms with E-state index < -0.39 is 6.61 Å². The molecule has 0 radical (unpaired) electrons. The van der Waals surface area contributed by atoms with E-state index in [9.17, 15) is 13.6 Å². The minimum Gasteiger partial charge on any atom is -0.486 e. The third kappa shape index (κ3) is 5.70. The lowest BCUT2D eigenvalue weighted by atomic mass is 10.1. The van der Waals surface area contributed by atoms with Crippen LogP contribution in [-0.4, -0.2) is 12.4 Å². The van der Waals surface area contributed by atoms with Crippen LogP contribution in [0, 0.1) is 13.8 Å². The average Bonchev–Trinajstić information content (AvgIpc) is 3.16. The Kier molecular flexibility index (Phi) is 6.90. The third-order valence-corrected chi connectivity index (χ3v) is 4.83. The fraction of sp³-hybridized carbons (Fsp3) is 0.174. The summed E-state index contributed by atoms with van der Waals surface area (Å²) in [6.45, 7) is 1.15. The van der Waals surface area contributed by atoms with Crippen molar-refractivity contribution in [2.75, 3.05) is 0 Å². The van der Waals surface area contributed by atoms with Gasteiger partial charge in [0, 0.05) is 10.6 Å². The molecule has 1 heterocycles. The molecule has 0 amide bonds. The Morgan fingerprint density at radius 3 is 2.37 bits per heavy atom. The van der Waals surface area contributed by atoms with E-state index in [4.69, 9.17) is 20.8 Å². The molecule has 0 fully saturated rings. The number of hydrogen-bond donors (Lipinski definition) is 0. The summed E-state index contributed by atoms with van der Waals surface area (Å²) in [6.07, 6.45) is 2.88. The molecule has 0 unspecified atom stereocenters. The largest absolute Gasteiger partial charge is 0.486 e. The molecule has 0 saturated carbocycles. The van der Waals surface area contributed by atoms with Crippen LogP contribution in [0.4, 0.5) is 8.78 Å². The van der Waals surface area contributed by atoms with Gasteiger partial charge in [-0.1, -0.05) is 11.6 Å². The summed E-state index contributed by atoms with van der Waals surface area (Å²) < 4.78 is 40.0. The molecule has 0 saturated heterocycles. The molecular weight excluding hydrogens is 414 g/mol. The fourth-order valence-electron chi connectivity index (χ4n) is 2.76. The van der Waals surface area contributed by atoms with Gasteiger partial charge in [0.25, 0.3) is 0 Å². The molecule has 0 aliphatic heterocycles. The molecule has 3 rings (SSSR count). The number of furan rings is 1. The number of ketones is 1. The zero-order valence-electron chi connectivity index (χ0n) is 16.3. The molecular formula is C23H19ClF2O4. The number of halogens is 3. The predicted octanol–water partition coefficient (Wildman–Crippen LogP) is 6.63. The summed E-state index contributed by atoms with van der Waals surface area (Å²) >= 11 is 6.16. The van der Waals surface area contributed by atoms with E-state index >= 15 is 0 Å². The smallest absolute Gasteiger partial charge is 0.387 e. The normalized spacial score (nSPS) is 11.3. The van der Waals surface area contributed by atoms with Gasteiger partial charge in [0.1, 0.15) is 29.6 Å². The minimum atomic E-state index is -2.91. The molecule has 30 heavy (non-hydrogen) atoms. The Labute approximate surface area is 177 Å². The van der Waals surface area contributed by atoms with Gasteiger partial charge in [-0.15, -0.1) is 0 Å². The molecule has 0 bridgehead atoms. The van der Waals surface area contributed by atoms with E-state index in [0.717, 1.165) is 11.1 Å². The maximum atomic E-state index is 12.2. The van der Waals surface area contributed by atoms with Crippen molar-refractivity contribution >= 4 is 23.5 Å². The number of alkyl halides is 2. The third-order valence-electron chi connectivity index (χ3n) is 4.24. The van der Waals surface area contributed by atoms with E-state index in [1.54, 1.807) is 12.1 Å². The molecule has 3 aromatic rings. The Morgan fingerprint density at radius 2 is 1.73 bits per heavy atom. The predicted molar refractivity (Wildman–Crippen MR) is 110 cm³/mol. The van der Waals surface area contributed by atoms with Crippen LogP contribution in [0.2, 0.25) is 5.02 Å². The number of allylic oxidation sites excluding steroid dienone is 1. The van der Waals surface area contributed by atoms with Gasteiger partial charge in [-0.25, -0.2) is 0 Å². The molecule has 0 aliphatic rings. The van der Waals surface area contributed by atoms with Gasteiger partial charge in [-0.2, -0.15) is 8.78 Å². The average molecular weight is 433 g/mol. The van der Waals surface area contributed by atoms with Gasteiger partial charge < -0.3 is 13.9 Å². The van der Waals surface area contributed by atoms with Crippen molar-refractivity contribution in [3.63, 3.8) is 0 Å². The number of carbonyl (C=O) groups is 1. The molecule has 2 aromatic carbocycles. The van der Waals surface area contributed by atoms with Crippen LogP contribution >= 0.6 is 11.6 Å². The lowest BCUT2D eigenvalue weighted by molar-refractivity contribution is -0.0498. The second-order valence-electron chi connectivity index (χ2n) is 6.56. The van der Waals surface area contributed by atoms with Crippen molar-refractivity contribution in [3.8, 4) is 11.5 Å². The topological polar surface area (TPSA) is 48.7 Å². The Morgan fingerprint density at radius 1 is 1.07 bits per heavy atom. The minimum absolute atomic E-state index is 0.00715. The summed E-state index contributed by atoms with van der Waals surface area (Å²) in [6, 6.07) is 12.7. The fourth-order valence-corrected chi connectivity index (χ4v) is 2.87. The molecule has 4 nitrogen and oxygen atoms in total. The molecule has 7 heteroatoms.